The van der Waals surface area contributed by atoms with E-state index in [-0.39, 0.29) is 19.2 Å². The van der Waals surface area contributed by atoms with Gasteiger partial charge in [-0.15, -0.1) is 0 Å². The van der Waals surface area contributed by atoms with Crippen LogP contribution >= 0.6 is 0 Å². The van der Waals surface area contributed by atoms with Crippen molar-refractivity contribution in [3.63, 3.8) is 0 Å². The van der Waals surface area contributed by atoms with Gasteiger partial charge in [-0.25, -0.2) is 4.79 Å². The van der Waals surface area contributed by atoms with Crippen LogP contribution in [0.5, 0.6) is 0 Å². The zero-order valence-corrected chi connectivity index (χ0v) is 15.1. The van der Waals surface area contributed by atoms with Crippen LogP contribution in [0.15, 0.2) is 28.7 Å². The molecule has 3 rings (SSSR count). The molecule has 26 heavy (non-hydrogen) atoms. The summed E-state index contributed by atoms with van der Waals surface area (Å²) in [7, 11) is 1.48. The smallest absolute Gasteiger partial charge is 0.317 e. The number of nitrogens with zero attached hydrogens (tertiary/aromatic N) is 1. The zero-order valence-electron chi connectivity index (χ0n) is 15.1. The lowest BCUT2D eigenvalue weighted by atomic mass is 9.88. The predicted octanol–water partition coefficient (Wildman–Crippen LogP) is 2.42. The molecule has 0 bridgehead atoms. The lowest BCUT2D eigenvalue weighted by Gasteiger charge is -2.23. The number of hydrogen-bond acceptors (Lipinski definition) is 4. The molecule has 0 radical (unpaired) electrons. The highest BCUT2D eigenvalue weighted by Gasteiger charge is 2.46. The Balaban J connectivity index is 1.58. The van der Waals surface area contributed by atoms with E-state index < -0.39 is 11.4 Å². The molecule has 1 fully saturated rings. The summed E-state index contributed by atoms with van der Waals surface area (Å²) in [6.45, 7) is 3.06. The van der Waals surface area contributed by atoms with E-state index in [1.54, 1.807) is 4.90 Å². The van der Waals surface area contributed by atoms with Gasteiger partial charge >= 0.3 is 12.0 Å². The Morgan fingerprint density at radius 2 is 2.15 bits per heavy atom. The number of aryl methyl sites for hydroxylation is 1. The molecule has 1 unspecified atom stereocenters. The molecule has 7 heteroatoms. The number of hydrogen-bond donors (Lipinski definition) is 2. The van der Waals surface area contributed by atoms with E-state index in [0.29, 0.717) is 25.9 Å². The van der Waals surface area contributed by atoms with Gasteiger partial charge in [0.05, 0.1) is 6.61 Å². The minimum Gasteiger partial charge on any atom is -0.481 e. The summed E-state index contributed by atoms with van der Waals surface area (Å²) in [4.78, 5) is 25.5. The number of para-hydroxylation sites is 1. The second kappa shape index (κ2) is 7.37. The molecule has 7 nitrogen and oxygen atoms in total. The highest BCUT2D eigenvalue weighted by Crippen LogP contribution is 2.31. The first-order chi connectivity index (χ1) is 12.5. The van der Waals surface area contributed by atoms with E-state index in [9.17, 15) is 14.7 Å². The van der Waals surface area contributed by atoms with Gasteiger partial charge in [-0.3, -0.25) is 4.79 Å². The summed E-state index contributed by atoms with van der Waals surface area (Å²) < 4.78 is 10.8. The minimum absolute atomic E-state index is 0.103. The number of carbonyl (C=O) groups excluding carboxylic acids is 1. The molecular weight excluding hydrogens is 336 g/mol. The van der Waals surface area contributed by atoms with Crippen LogP contribution in [0.1, 0.15) is 17.7 Å². The van der Waals surface area contributed by atoms with Gasteiger partial charge in [0.1, 0.15) is 16.8 Å². The van der Waals surface area contributed by atoms with E-state index in [4.69, 9.17) is 9.15 Å². The van der Waals surface area contributed by atoms with Gasteiger partial charge in [-0.2, -0.15) is 0 Å². The van der Waals surface area contributed by atoms with Crippen molar-refractivity contribution in [1.29, 1.82) is 0 Å². The highest BCUT2D eigenvalue weighted by atomic mass is 16.5. The number of carbonyl (C=O) groups is 2. The van der Waals surface area contributed by atoms with Crippen molar-refractivity contribution in [2.45, 2.75) is 19.8 Å². The van der Waals surface area contributed by atoms with Gasteiger partial charge < -0.3 is 24.5 Å². The highest BCUT2D eigenvalue weighted by molar-refractivity contribution is 5.82. The fourth-order valence-corrected chi connectivity index (χ4v) is 3.61. The molecule has 1 aliphatic heterocycles. The number of carboxylic acids is 1. The molecule has 0 saturated carbocycles. The number of carboxylic acid groups (broad SMARTS) is 1. The minimum atomic E-state index is -1.01. The maximum atomic E-state index is 12.4. The van der Waals surface area contributed by atoms with E-state index in [2.05, 4.69) is 5.32 Å². The number of amides is 2. The van der Waals surface area contributed by atoms with Gasteiger partial charge in [0.2, 0.25) is 0 Å². The first kappa shape index (κ1) is 18.3. The Bertz CT molecular complexity index is 815. The van der Waals surface area contributed by atoms with Crippen LogP contribution in [0.2, 0.25) is 0 Å². The van der Waals surface area contributed by atoms with Crippen LogP contribution in [0.25, 0.3) is 11.0 Å². The standard InChI is InChI=1S/C19H24N2O5/c1-13-14(15-5-3-4-6-16(15)26-13)7-9-20-18(24)21-10-8-19(11-21,12-25-2)17(22)23/h3-6H,7-12H2,1-2H3,(H,20,24)(H,22,23). The Hall–Kier alpha value is -2.54. The lowest BCUT2D eigenvalue weighted by molar-refractivity contribution is -0.151. The van der Waals surface area contributed by atoms with E-state index in [1.165, 1.54) is 7.11 Å². The van der Waals surface area contributed by atoms with Gasteiger partial charge in [-0.1, -0.05) is 18.2 Å². The van der Waals surface area contributed by atoms with Crippen LogP contribution < -0.4 is 5.32 Å². The maximum absolute atomic E-state index is 12.4. The van der Waals surface area contributed by atoms with Crippen LogP contribution in [-0.4, -0.2) is 55.4 Å². The number of benzene rings is 1. The second-order valence-electron chi connectivity index (χ2n) is 6.80. The van der Waals surface area contributed by atoms with Crippen LogP contribution in [0, 0.1) is 12.3 Å². The number of furan rings is 1. The summed E-state index contributed by atoms with van der Waals surface area (Å²) in [6, 6.07) is 7.59. The van der Waals surface area contributed by atoms with Crippen molar-refractivity contribution in [2.24, 2.45) is 5.41 Å². The molecule has 0 aliphatic carbocycles. The Kier molecular flexibility index (Phi) is 5.18. The van der Waals surface area contributed by atoms with Crippen LogP contribution in [-0.2, 0) is 16.0 Å². The normalized spacial score (nSPS) is 19.8. The first-order valence-corrected chi connectivity index (χ1v) is 8.69. The zero-order chi connectivity index (χ0) is 18.7. The largest absolute Gasteiger partial charge is 0.481 e. The molecule has 140 valence electrons. The Morgan fingerprint density at radius 1 is 1.38 bits per heavy atom. The van der Waals surface area contributed by atoms with E-state index in [0.717, 1.165) is 22.3 Å². The molecule has 1 saturated heterocycles. The van der Waals surface area contributed by atoms with Gasteiger partial charge in [0.25, 0.3) is 0 Å². The Morgan fingerprint density at radius 3 is 2.88 bits per heavy atom. The van der Waals surface area contributed by atoms with Crippen molar-refractivity contribution in [1.82, 2.24) is 10.2 Å². The second-order valence-corrected chi connectivity index (χ2v) is 6.80. The third-order valence-electron chi connectivity index (χ3n) is 5.07. The van der Waals surface area contributed by atoms with Gasteiger partial charge in [0, 0.05) is 37.7 Å². The monoisotopic (exact) mass is 360 g/mol. The average molecular weight is 360 g/mol. The molecule has 2 amide bonds. The average Bonchev–Trinajstić information content (AvgIpc) is 3.18. The van der Waals surface area contributed by atoms with Crippen molar-refractivity contribution < 1.29 is 23.8 Å². The number of aliphatic carboxylic acids is 1. The first-order valence-electron chi connectivity index (χ1n) is 8.69. The number of rotatable bonds is 6. The summed E-state index contributed by atoms with van der Waals surface area (Å²) in [6.07, 6.45) is 1.06. The number of likely N-dealkylation sites (tertiary alicyclic amines) is 1. The number of fused-ring (bicyclic) bond motifs is 1. The lowest BCUT2D eigenvalue weighted by Crippen LogP contribution is -2.43. The summed E-state index contributed by atoms with van der Waals surface area (Å²) in [5.41, 5.74) is 0.918. The number of nitrogens with one attached hydrogen (secondary N) is 1. The third kappa shape index (κ3) is 3.39. The van der Waals surface area contributed by atoms with Gasteiger partial charge in [0.15, 0.2) is 0 Å². The SMILES string of the molecule is COCC1(C(=O)O)CCN(C(=O)NCCc2c(C)oc3ccccc23)C1. The Labute approximate surface area is 151 Å². The van der Waals surface area contributed by atoms with Crippen molar-refractivity contribution in [3.05, 3.63) is 35.6 Å². The molecule has 2 heterocycles. The fourth-order valence-electron chi connectivity index (χ4n) is 3.61. The number of urea groups is 1. The molecular formula is C19H24N2O5. The third-order valence-corrected chi connectivity index (χ3v) is 5.07. The number of methoxy groups -OCH3 is 1. The van der Waals surface area contributed by atoms with Crippen LogP contribution in [0.4, 0.5) is 4.79 Å². The maximum Gasteiger partial charge on any atom is 0.317 e. The molecule has 1 atom stereocenters. The topological polar surface area (TPSA) is 92.0 Å². The molecule has 1 aromatic carbocycles. The van der Waals surface area contributed by atoms with Crippen molar-refractivity contribution >= 4 is 23.0 Å². The number of ether oxygens (including phenoxy) is 1. The summed E-state index contributed by atoms with van der Waals surface area (Å²) >= 11 is 0. The molecule has 1 aromatic heterocycles. The van der Waals surface area contributed by atoms with Crippen molar-refractivity contribution in [3.8, 4) is 0 Å². The summed E-state index contributed by atoms with van der Waals surface area (Å²) in [5, 5.41) is 13.4. The molecule has 2 N–H and O–H groups in total. The van der Waals surface area contributed by atoms with Crippen LogP contribution in [0.3, 0.4) is 0 Å². The molecule has 2 aromatic rings. The van der Waals surface area contributed by atoms with Crippen molar-refractivity contribution in [2.75, 3.05) is 33.4 Å². The molecule has 1 aliphatic rings. The predicted molar refractivity (Wildman–Crippen MR) is 96.2 cm³/mol. The fraction of sp³-hybridized carbons (Fsp3) is 0.474. The van der Waals surface area contributed by atoms with E-state index >= 15 is 0 Å². The van der Waals surface area contributed by atoms with E-state index in [1.807, 2.05) is 31.2 Å². The molecule has 0 spiro atoms. The quantitative estimate of drug-likeness (QED) is 0.825. The summed E-state index contributed by atoms with van der Waals surface area (Å²) in [5.74, 6) is -0.0678. The van der Waals surface area contributed by atoms with Gasteiger partial charge in [-0.05, 0) is 25.8 Å².